The maximum Gasteiger partial charge on any atom is 0.419 e. The van der Waals surface area contributed by atoms with Gasteiger partial charge in [-0.15, -0.1) is 0 Å². The summed E-state index contributed by atoms with van der Waals surface area (Å²) in [6.45, 7) is 5.80. The molecule has 6 rings (SSSR count). The van der Waals surface area contributed by atoms with Gasteiger partial charge in [0.1, 0.15) is 23.2 Å². The highest BCUT2D eigenvalue weighted by atomic mass is 19.4. The molecular formula is C36H34F4N6O3. The van der Waals surface area contributed by atoms with Crippen LogP contribution in [-0.4, -0.2) is 50.0 Å². The van der Waals surface area contributed by atoms with E-state index in [0.717, 1.165) is 37.8 Å². The van der Waals surface area contributed by atoms with Crippen molar-refractivity contribution in [3.05, 3.63) is 118 Å². The lowest BCUT2D eigenvalue weighted by Crippen LogP contribution is -2.38. The van der Waals surface area contributed by atoms with E-state index in [2.05, 4.69) is 14.9 Å². The number of aromatic nitrogens is 4. The third kappa shape index (κ3) is 7.25. The number of hydrogen-bond donors (Lipinski definition) is 0. The van der Waals surface area contributed by atoms with E-state index < -0.39 is 41.5 Å². The molecule has 0 bridgehead atoms. The van der Waals surface area contributed by atoms with E-state index in [-0.39, 0.29) is 29.0 Å². The Morgan fingerprint density at radius 3 is 2.41 bits per heavy atom. The lowest BCUT2D eigenvalue weighted by atomic mass is 10.1. The van der Waals surface area contributed by atoms with Gasteiger partial charge in [0.15, 0.2) is 5.65 Å². The van der Waals surface area contributed by atoms with Gasteiger partial charge in [-0.25, -0.2) is 19.3 Å². The lowest BCUT2D eigenvalue weighted by molar-refractivity contribution is -0.140. The zero-order chi connectivity index (χ0) is 34.7. The molecule has 1 fully saturated rings. The van der Waals surface area contributed by atoms with E-state index in [1.54, 1.807) is 49.5 Å². The van der Waals surface area contributed by atoms with Gasteiger partial charge in [-0.05, 0) is 92.4 Å². The van der Waals surface area contributed by atoms with Crippen molar-refractivity contribution in [1.82, 2.24) is 24.4 Å². The highest BCUT2D eigenvalue weighted by Gasteiger charge is 2.35. The number of benzene rings is 2. The van der Waals surface area contributed by atoms with Crippen LogP contribution in [0.25, 0.3) is 16.7 Å². The van der Waals surface area contributed by atoms with Gasteiger partial charge in [0.25, 0.3) is 5.56 Å². The topological polar surface area (TPSA) is 93.4 Å². The predicted octanol–water partition coefficient (Wildman–Crippen LogP) is 6.67. The molecule has 3 aromatic heterocycles. The number of alkyl halides is 3. The van der Waals surface area contributed by atoms with Gasteiger partial charge in [-0.3, -0.25) is 14.2 Å². The van der Waals surface area contributed by atoms with E-state index in [0.29, 0.717) is 35.7 Å². The van der Waals surface area contributed by atoms with E-state index >= 15 is 0 Å². The molecule has 254 valence electrons. The van der Waals surface area contributed by atoms with Crippen molar-refractivity contribution in [2.75, 3.05) is 24.6 Å². The maximum atomic E-state index is 14.1. The molecule has 0 aliphatic carbocycles. The van der Waals surface area contributed by atoms with Crippen molar-refractivity contribution < 1.29 is 27.1 Å². The fourth-order valence-electron chi connectivity index (χ4n) is 6.02. The van der Waals surface area contributed by atoms with Crippen LogP contribution in [0.2, 0.25) is 0 Å². The smallest absolute Gasteiger partial charge is 0.419 e. The predicted molar refractivity (Wildman–Crippen MR) is 176 cm³/mol. The molecule has 1 atom stereocenters. The summed E-state index contributed by atoms with van der Waals surface area (Å²) < 4.78 is 61.7. The quantitative estimate of drug-likeness (QED) is 0.153. The molecule has 0 spiro atoms. The summed E-state index contributed by atoms with van der Waals surface area (Å²) in [4.78, 5) is 45.4. The van der Waals surface area contributed by atoms with Crippen molar-refractivity contribution in [2.24, 2.45) is 0 Å². The molecule has 0 unspecified atom stereocenters. The first-order valence-corrected chi connectivity index (χ1v) is 16.0. The molecule has 5 aromatic rings. The van der Waals surface area contributed by atoms with Crippen LogP contribution >= 0.6 is 0 Å². The number of nitrogens with zero attached hydrogens (tertiary/aromatic N) is 6. The van der Waals surface area contributed by atoms with E-state index in [4.69, 9.17) is 9.72 Å². The lowest BCUT2D eigenvalue weighted by Gasteiger charge is -2.31. The summed E-state index contributed by atoms with van der Waals surface area (Å²) in [5.41, 5.74) is -0.588. The Morgan fingerprint density at radius 1 is 1.00 bits per heavy atom. The molecule has 1 aliphatic heterocycles. The Kier molecular flexibility index (Phi) is 9.61. The molecule has 1 aliphatic rings. The normalized spacial score (nSPS) is 13.9. The molecule has 13 heteroatoms. The van der Waals surface area contributed by atoms with Gasteiger partial charge >= 0.3 is 6.18 Å². The molecular weight excluding hydrogens is 640 g/mol. The number of amides is 1. The minimum absolute atomic E-state index is 0.00000631. The summed E-state index contributed by atoms with van der Waals surface area (Å²) in [7, 11) is 0. The molecule has 49 heavy (non-hydrogen) atoms. The number of rotatable bonds is 10. The molecule has 0 N–H and O–H groups in total. The number of ether oxygens (including phenoxy) is 1. The van der Waals surface area contributed by atoms with Crippen molar-refractivity contribution >= 4 is 22.8 Å². The Hall–Kier alpha value is -5.33. The van der Waals surface area contributed by atoms with Gasteiger partial charge in [0, 0.05) is 32.0 Å². The number of hydrogen-bond acceptors (Lipinski definition) is 7. The summed E-state index contributed by atoms with van der Waals surface area (Å²) in [5.74, 6) is -0.395. The number of fused-ring (bicyclic) bond motifs is 1. The average Bonchev–Trinajstić information content (AvgIpc) is 3.63. The van der Waals surface area contributed by atoms with Crippen LogP contribution in [0.3, 0.4) is 0 Å². The first-order chi connectivity index (χ1) is 23.5. The summed E-state index contributed by atoms with van der Waals surface area (Å²) in [6, 6.07) is 15.4. The largest absolute Gasteiger partial charge is 0.494 e. The van der Waals surface area contributed by atoms with Gasteiger partial charge in [-0.2, -0.15) is 13.2 Å². The average molecular weight is 675 g/mol. The van der Waals surface area contributed by atoms with Crippen LogP contribution in [0.5, 0.6) is 5.75 Å². The fraction of sp³-hybridized carbons (Fsp3) is 0.306. The Labute approximate surface area is 279 Å². The van der Waals surface area contributed by atoms with Crippen LogP contribution in [-0.2, 0) is 23.9 Å². The van der Waals surface area contributed by atoms with E-state index in [1.165, 1.54) is 15.7 Å². The molecule has 0 radical (unpaired) electrons. The highest BCUT2D eigenvalue weighted by Crippen LogP contribution is 2.33. The molecule has 0 saturated carbocycles. The Morgan fingerprint density at radius 2 is 1.73 bits per heavy atom. The van der Waals surface area contributed by atoms with Crippen LogP contribution in [0.4, 0.5) is 23.4 Å². The zero-order valence-corrected chi connectivity index (χ0v) is 27.0. The minimum Gasteiger partial charge on any atom is -0.494 e. The SMILES string of the molecule is CCOc1ccc(-n2c([C@@H](C)N(Cc3ccc(N4CCCC4)nc3)C(=O)Cc3ccc(F)c(C(F)(F)F)c3)nc3ncccc3c2=O)cc1. The van der Waals surface area contributed by atoms with Crippen LogP contribution in [0.1, 0.15) is 55.2 Å². The summed E-state index contributed by atoms with van der Waals surface area (Å²) >= 11 is 0. The third-order valence-corrected chi connectivity index (χ3v) is 8.52. The number of halogens is 4. The second-order valence-electron chi connectivity index (χ2n) is 11.8. The first kappa shape index (κ1) is 33.6. The number of carbonyl (C=O) groups is 1. The van der Waals surface area contributed by atoms with Crippen LogP contribution < -0.4 is 15.2 Å². The third-order valence-electron chi connectivity index (χ3n) is 8.52. The minimum atomic E-state index is -4.94. The monoisotopic (exact) mass is 674 g/mol. The Bertz CT molecular complexity index is 2010. The summed E-state index contributed by atoms with van der Waals surface area (Å²) in [5, 5.41) is 0.262. The van der Waals surface area contributed by atoms with Crippen molar-refractivity contribution in [3.8, 4) is 11.4 Å². The molecule has 9 nitrogen and oxygen atoms in total. The van der Waals surface area contributed by atoms with E-state index in [9.17, 15) is 27.2 Å². The second-order valence-corrected chi connectivity index (χ2v) is 11.8. The number of anilines is 1. The highest BCUT2D eigenvalue weighted by molar-refractivity contribution is 5.79. The van der Waals surface area contributed by atoms with Gasteiger partial charge in [0.05, 0.1) is 35.7 Å². The van der Waals surface area contributed by atoms with Gasteiger partial charge < -0.3 is 14.5 Å². The molecule has 1 saturated heterocycles. The first-order valence-electron chi connectivity index (χ1n) is 16.0. The maximum absolute atomic E-state index is 14.1. The number of carbonyl (C=O) groups excluding carboxylic acids is 1. The zero-order valence-electron chi connectivity index (χ0n) is 27.0. The van der Waals surface area contributed by atoms with Crippen molar-refractivity contribution in [1.29, 1.82) is 0 Å². The number of pyridine rings is 2. The van der Waals surface area contributed by atoms with E-state index in [1.807, 2.05) is 19.1 Å². The molecule has 2 aromatic carbocycles. The fourth-order valence-corrected chi connectivity index (χ4v) is 6.02. The second kappa shape index (κ2) is 14.0. The standard InChI is InChI=1S/C36H34F4N6O3/c1-3-49-27-12-10-26(11-13-27)46-34(43-33-28(35(46)48)7-6-16-41-33)23(2)45(22-25-9-15-31(42-21-25)44-17-4-5-18-44)32(47)20-24-8-14-30(37)29(19-24)36(38,39)40/h6-16,19,21,23H,3-5,17-18,20,22H2,1-2H3/t23-/m1/s1. The summed E-state index contributed by atoms with van der Waals surface area (Å²) in [6.07, 6.45) is -0.0810. The molecule has 1 amide bonds. The van der Waals surface area contributed by atoms with Crippen molar-refractivity contribution in [3.63, 3.8) is 0 Å². The Balaban J connectivity index is 1.43. The van der Waals surface area contributed by atoms with Crippen molar-refractivity contribution in [2.45, 2.75) is 51.9 Å². The molecule has 4 heterocycles. The van der Waals surface area contributed by atoms with Crippen LogP contribution in [0, 0.1) is 5.82 Å². The van der Waals surface area contributed by atoms with Crippen LogP contribution in [0.15, 0.2) is 83.9 Å². The van der Waals surface area contributed by atoms with Gasteiger partial charge in [0.2, 0.25) is 5.91 Å². The van der Waals surface area contributed by atoms with Gasteiger partial charge in [-0.1, -0.05) is 12.1 Å².